The number of carbonyl (C=O) groups is 3. The topological polar surface area (TPSA) is 78.9 Å². The van der Waals surface area contributed by atoms with Crippen molar-refractivity contribution in [1.82, 2.24) is 0 Å². The number of rotatable bonds is 51. The average Bonchev–Trinajstić information content (AvgIpc) is 3.28. The summed E-state index contributed by atoms with van der Waals surface area (Å²) in [6.45, 7) is 6.65. The lowest BCUT2D eigenvalue weighted by molar-refractivity contribution is -0.167. The van der Waals surface area contributed by atoms with Gasteiger partial charge in [0.25, 0.3) is 0 Å². The van der Waals surface area contributed by atoms with Crippen LogP contribution in [-0.2, 0) is 28.6 Å². The van der Waals surface area contributed by atoms with Crippen LogP contribution in [0.3, 0.4) is 0 Å². The molecule has 0 fully saturated rings. The predicted molar refractivity (Wildman–Crippen MR) is 270 cm³/mol. The van der Waals surface area contributed by atoms with Crippen LogP contribution in [0.2, 0.25) is 0 Å². The summed E-state index contributed by atoms with van der Waals surface area (Å²) in [6.07, 6.45) is 60.2. The molecule has 0 amide bonds. The maximum Gasteiger partial charge on any atom is 0.306 e. The number of allylic oxidation sites excluding steroid dienone is 4. The smallest absolute Gasteiger partial charge is 0.306 e. The van der Waals surface area contributed by atoms with Gasteiger partial charge >= 0.3 is 17.9 Å². The Kier molecular flexibility index (Phi) is 50.8. The van der Waals surface area contributed by atoms with Gasteiger partial charge < -0.3 is 14.2 Å². The molecular weight excluding hydrogens is 781 g/mol. The van der Waals surface area contributed by atoms with Crippen molar-refractivity contribution in [2.45, 2.75) is 309 Å². The first kappa shape index (κ1) is 60.9. The Labute approximate surface area is 392 Å². The van der Waals surface area contributed by atoms with Crippen LogP contribution < -0.4 is 0 Å². The molecule has 0 aromatic rings. The van der Waals surface area contributed by atoms with Crippen LogP contribution >= 0.6 is 0 Å². The third-order valence-corrected chi connectivity index (χ3v) is 12.5. The molecule has 0 rings (SSSR count). The first-order valence-corrected chi connectivity index (χ1v) is 27.8. The number of esters is 3. The van der Waals surface area contributed by atoms with Gasteiger partial charge in [0.15, 0.2) is 6.10 Å². The molecule has 0 aromatic carbocycles. The van der Waals surface area contributed by atoms with E-state index in [0.29, 0.717) is 19.3 Å². The summed E-state index contributed by atoms with van der Waals surface area (Å²) >= 11 is 0. The van der Waals surface area contributed by atoms with Crippen molar-refractivity contribution in [2.24, 2.45) is 0 Å². The SMILES string of the molecule is CCCCCCC/C=C\C/C=C\CCCCCCCCCCCC(=O)OCC(COC(=O)CCCCCCCCCCCCCC)OC(=O)CCCCCCCCCCCCCC. The van der Waals surface area contributed by atoms with Crippen LogP contribution in [0.25, 0.3) is 0 Å². The van der Waals surface area contributed by atoms with E-state index in [4.69, 9.17) is 14.2 Å². The van der Waals surface area contributed by atoms with Crippen LogP contribution in [0, 0.1) is 0 Å². The summed E-state index contributed by atoms with van der Waals surface area (Å²) in [5.74, 6) is -0.855. The summed E-state index contributed by atoms with van der Waals surface area (Å²) in [5.41, 5.74) is 0. The Bertz CT molecular complexity index is 1020. The van der Waals surface area contributed by atoms with Gasteiger partial charge in [0, 0.05) is 19.3 Å². The second-order valence-corrected chi connectivity index (χ2v) is 18.9. The Balaban J connectivity index is 4.26. The maximum absolute atomic E-state index is 12.8. The summed E-state index contributed by atoms with van der Waals surface area (Å²) in [6, 6.07) is 0. The van der Waals surface area contributed by atoms with E-state index in [1.165, 1.54) is 199 Å². The van der Waals surface area contributed by atoms with Crippen LogP contribution in [0.1, 0.15) is 303 Å². The van der Waals surface area contributed by atoms with Gasteiger partial charge in [-0.15, -0.1) is 0 Å². The van der Waals surface area contributed by atoms with Crippen LogP contribution in [0.5, 0.6) is 0 Å². The predicted octanol–water partition coefficient (Wildman–Crippen LogP) is 18.3. The molecule has 0 saturated carbocycles. The van der Waals surface area contributed by atoms with Gasteiger partial charge in [-0.2, -0.15) is 0 Å². The zero-order valence-electron chi connectivity index (χ0n) is 42.4. The Morgan fingerprint density at radius 1 is 0.317 bits per heavy atom. The highest BCUT2D eigenvalue weighted by Crippen LogP contribution is 2.16. The Morgan fingerprint density at radius 2 is 0.571 bits per heavy atom. The molecular formula is C57H106O6. The number of hydrogen-bond donors (Lipinski definition) is 0. The molecule has 0 saturated heterocycles. The van der Waals surface area contributed by atoms with Crippen molar-refractivity contribution >= 4 is 17.9 Å². The summed E-state index contributed by atoms with van der Waals surface area (Å²) in [7, 11) is 0. The lowest BCUT2D eigenvalue weighted by atomic mass is 10.0. The minimum atomic E-state index is -0.766. The van der Waals surface area contributed by atoms with E-state index in [1.807, 2.05) is 0 Å². The van der Waals surface area contributed by atoms with E-state index in [-0.39, 0.29) is 31.1 Å². The first-order chi connectivity index (χ1) is 31.0. The molecule has 0 N–H and O–H groups in total. The first-order valence-electron chi connectivity index (χ1n) is 27.8. The summed E-state index contributed by atoms with van der Waals surface area (Å²) < 4.78 is 16.8. The second kappa shape index (κ2) is 52.5. The Morgan fingerprint density at radius 3 is 0.873 bits per heavy atom. The fourth-order valence-corrected chi connectivity index (χ4v) is 8.24. The molecule has 63 heavy (non-hydrogen) atoms. The van der Waals surface area contributed by atoms with E-state index in [0.717, 1.165) is 64.2 Å². The highest BCUT2D eigenvalue weighted by Gasteiger charge is 2.19. The van der Waals surface area contributed by atoms with Crippen molar-refractivity contribution in [3.63, 3.8) is 0 Å². The van der Waals surface area contributed by atoms with E-state index in [2.05, 4.69) is 45.1 Å². The van der Waals surface area contributed by atoms with Gasteiger partial charge in [0.2, 0.25) is 0 Å². The monoisotopic (exact) mass is 887 g/mol. The van der Waals surface area contributed by atoms with Crippen molar-refractivity contribution in [1.29, 1.82) is 0 Å². The molecule has 0 heterocycles. The Hall–Kier alpha value is -2.11. The van der Waals surface area contributed by atoms with Crippen molar-refractivity contribution in [2.75, 3.05) is 13.2 Å². The summed E-state index contributed by atoms with van der Waals surface area (Å²) in [5, 5.41) is 0. The second-order valence-electron chi connectivity index (χ2n) is 18.9. The normalized spacial score (nSPS) is 12.1. The zero-order chi connectivity index (χ0) is 45.8. The van der Waals surface area contributed by atoms with E-state index in [1.54, 1.807) is 0 Å². The molecule has 0 aliphatic carbocycles. The maximum atomic E-state index is 12.8. The van der Waals surface area contributed by atoms with Gasteiger partial charge in [-0.1, -0.05) is 257 Å². The van der Waals surface area contributed by atoms with Gasteiger partial charge in [-0.05, 0) is 51.4 Å². The molecule has 1 atom stereocenters. The number of ether oxygens (including phenoxy) is 3. The van der Waals surface area contributed by atoms with E-state index in [9.17, 15) is 14.4 Å². The highest BCUT2D eigenvalue weighted by atomic mass is 16.6. The number of carbonyl (C=O) groups excluding carboxylic acids is 3. The third kappa shape index (κ3) is 50.7. The minimum absolute atomic E-state index is 0.0673. The van der Waals surface area contributed by atoms with Gasteiger partial charge in [0.1, 0.15) is 13.2 Å². The zero-order valence-corrected chi connectivity index (χ0v) is 42.4. The van der Waals surface area contributed by atoms with E-state index >= 15 is 0 Å². The van der Waals surface area contributed by atoms with Gasteiger partial charge in [-0.3, -0.25) is 14.4 Å². The molecule has 0 spiro atoms. The number of hydrogen-bond acceptors (Lipinski definition) is 6. The fraction of sp³-hybridized carbons (Fsp3) is 0.877. The quantitative estimate of drug-likeness (QED) is 0.0262. The molecule has 6 heteroatoms. The standard InChI is InChI=1S/C57H106O6/c1-4-7-10-13-16-19-22-25-26-27-28-29-30-31-32-33-36-38-41-44-47-50-56(59)62-53-54(63-57(60)51-48-45-42-39-35-24-21-18-15-12-9-6-3)52-61-55(58)49-46-43-40-37-34-23-20-17-14-11-8-5-2/h22,25,27-28,54H,4-21,23-24,26,29-53H2,1-3H3/b25-22-,28-27-. The van der Waals surface area contributed by atoms with Crippen LogP contribution in [-0.4, -0.2) is 37.2 Å². The fourth-order valence-electron chi connectivity index (χ4n) is 8.24. The molecule has 1 unspecified atom stereocenters. The molecule has 0 aliphatic rings. The van der Waals surface area contributed by atoms with Crippen LogP contribution in [0.4, 0.5) is 0 Å². The van der Waals surface area contributed by atoms with Crippen molar-refractivity contribution < 1.29 is 28.6 Å². The van der Waals surface area contributed by atoms with Gasteiger partial charge in [-0.25, -0.2) is 0 Å². The average molecular weight is 887 g/mol. The third-order valence-electron chi connectivity index (χ3n) is 12.5. The largest absolute Gasteiger partial charge is 0.462 e. The van der Waals surface area contributed by atoms with E-state index < -0.39 is 6.10 Å². The van der Waals surface area contributed by atoms with Crippen LogP contribution in [0.15, 0.2) is 24.3 Å². The summed E-state index contributed by atoms with van der Waals surface area (Å²) in [4.78, 5) is 38.0. The highest BCUT2D eigenvalue weighted by molar-refractivity contribution is 5.71. The molecule has 0 bridgehead atoms. The molecule has 6 nitrogen and oxygen atoms in total. The molecule has 0 aromatic heterocycles. The van der Waals surface area contributed by atoms with Gasteiger partial charge in [0.05, 0.1) is 0 Å². The molecule has 370 valence electrons. The molecule has 0 aliphatic heterocycles. The lowest BCUT2D eigenvalue weighted by Gasteiger charge is -2.18. The van der Waals surface area contributed by atoms with Crippen molar-refractivity contribution in [3.05, 3.63) is 24.3 Å². The minimum Gasteiger partial charge on any atom is -0.462 e. The lowest BCUT2D eigenvalue weighted by Crippen LogP contribution is -2.30. The molecule has 0 radical (unpaired) electrons. The number of unbranched alkanes of at least 4 members (excludes halogenated alkanes) is 36. The van der Waals surface area contributed by atoms with Crippen molar-refractivity contribution in [3.8, 4) is 0 Å².